The number of aryl methyl sites for hydroxylation is 1. The summed E-state index contributed by atoms with van der Waals surface area (Å²) in [7, 11) is 0. The van der Waals surface area contributed by atoms with Crippen LogP contribution in [0.3, 0.4) is 0 Å². The van der Waals surface area contributed by atoms with Crippen molar-refractivity contribution in [2.24, 2.45) is 0 Å². The second-order valence-corrected chi connectivity index (χ2v) is 7.21. The number of unbranched alkanes of at least 4 members (excludes halogenated alkanes) is 1. The fraction of sp³-hybridized carbons (Fsp3) is 0.333. The van der Waals surface area contributed by atoms with Crippen LogP contribution in [0.2, 0.25) is 5.15 Å². The van der Waals surface area contributed by atoms with Gasteiger partial charge in [-0.1, -0.05) is 37.1 Å². The maximum atomic E-state index is 13.4. The molecule has 0 saturated heterocycles. The minimum absolute atomic E-state index is 0.0289. The van der Waals surface area contributed by atoms with Crippen molar-refractivity contribution in [3.8, 4) is 0 Å². The topological polar surface area (TPSA) is 55.1 Å². The van der Waals surface area contributed by atoms with Crippen molar-refractivity contribution in [1.29, 1.82) is 0 Å². The first-order valence-corrected chi connectivity index (χ1v) is 9.45. The molecule has 26 heavy (non-hydrogen) atoms. The van der Waals surface area contributed by atoms with E-state index in [0.29, 0.717) is 23.2 Å². The van der Waals surface area contributed by atoms with Crippen LogP contribution < -0.4 is 0 Å². The fourth-order valence-corrected chi connectivity index (χ4v) is 4.30. The smallest absolute Gasteiger partial charge is 0.355 e. The zero-order valence-corrected chi connectivity index (χ0v) is 15.6. The highest BCUT2D eigenvalue weighted by Gasteiger charge is 2.23. The van der Waals surface area contributed by atoms with E-state index in [1.807, 2.05) is 6.92 Å². The van der Waals surface area contributed by atoms with Gasteiger partial charge in [-0.25, -0.2) is 18.6 Å². The van der Waals surface area contributed by atoms with E-state index < -0.39 is 12.4 Å². The number of halogens is 3. The Kier molecular flexibility index (Phi) is 5.58. The summed E-state index contributed by atoms with van der Waals surface area (Å²) in [6, 6.07) is 5.31. The van der Waals surface area contributed by atoms with Crippen molar-refractivity contribution in [3.05, 3.63) is 51.4 Å². The van der Waals surface area contributed by atoms with Crippen molar-refractivity contribution >= 4 is 39.0 Å². The molecule has 0 spiro atoms. The summed E-state index contributed by atoms with van der Waals surface area (Å²) in [5.74, 6) is -0.628. The first-order valence-electron chi connectivity index (χ1n) is 8.19. The van der Waals surface area contributed by atoms with Gasteiger partial charge in [0, 0.05) is 27.5 Å². The maximum Gasteiger partial charge on any atom is 0.355 e. The lowest BCUT2D eigenvalue weighted by atomic mass is 10.1. The van der Waals surface area contributed by atoms with E-state index in [1.165, 1.54) is 21.3 Å². The molecule has 0 fully saturated rings. The predicted octanol–water partition coefficient (Wildman–Crippen LogP) is 5.78. The molecule has 138 valence electrons. The van der Waals surface area contributed by atoms with Gasteiger partial charge in [0.2, 0.25) is 0 Å². The van der Waals surface area contributed by atoms with Crippen LogP contribution in [0, 0.1) is 0 Å². The number of aromatic nitrogens is 2. The molecule has 0 aliphatic heterocycles. The number of carboxylic acids is 1. The molecule has 0 aliphatic carbocycles. The maximum absolute atomic E-state index is 13.4. The molecule has 0 saturated carbocycles. The Bertz CT molecular complexity index is 952. The average molecular weight is 399 g/mol. The number of nitrogens with zero attached hydrogens (tertiary/aromatic N) is 2. The Hall–Kier alpha value is -1.99. The SMILES string of the molecule is CCCCc1nc(Cl)c(C(=O)O)n1Cc1cccc2scc(C(F)F)c12. The number of alkyl halides is 2. The molecule has 1 N–H and O–H groups in total. The van der Waals surface area contributed by atoms with E-state index in [1.54, 1.807) is 18.2 Å². The monoisotopic (exact) mass is 398 g/mol. The molecule has 2 heterocycles. The van der Waals surface area contributed by atoms with Crippen LogP contribution in [-0.4, -0.2) is 20.6 Å². The summed E-state index contributed by atoms with van der Waals surface area (Å²) < 4.78 is 29.0. The Morgan fingerprint density at radius 2 is 2.19 bits per heavy atom. The second-order valence-electron chi connectivity index (χ2n) is 5.94. The summed E-state index contributed by atoms with van der Waals surface area (Å²) in [6.07, 6.45) is -0.264. The molecule has 4 nitrogen and oxygen atoms in total. The Labute approximate surface area is 158 Å². The third kappa shape index (κ3) is 3.46. The van der Waals surface area contributed by atoms with Gasteiger partial charge in [-0.05, 0) is 18.1 Å². The standard InChI is InChI=1S/C18H17ClF2N2O2S/c1-2-3-7-13-22-16(19)15(18(24)25)23(13)8-10-5-4-6-12-14(10)11(9-26-12)17(20)21/h4-6,9,17H,2-3,7-8H2,1H3,(H,24,25). The molecule has 0 aliphatic rings. The van der Waals surface area contributed by atoms with Gasteiger partial charge in [0.05, 0.1) is 6.54 Å². The average Bonchev–Trinajstić information content (AvgIpc) is 3.15. The van der Waals surface area contributed by atoms with Crippen molar-refractivity contribution < 1.29 is 18.7 Å². The summed E-state index contributed by atoms with van der Waals surface area (Å²) in [6.45, 7) is 2.15. The fourth-order valence-electron chi connectivity index (χ4n) is 3.02. The van der Waals surface area contributed by atoms with E-state index >= 15 is 0 Å². The summed E-state index contributed by atoms with van der Waals surface area (Å²) in [5.41, 5.74) is 0.496. The third-order valence-corrected chi connectivity index (χ3v) is 5.47. The lowest BCUT2D eigenvalue weighted by Crippen LogP contribution is -2.13. The molecule has 0 radical (unpaired) electrons. The van der Waals surface area contributed by atoms with E-state index in [9.17, 15) is 18.7 Å². The number of hydrogen-bond donors (Lipinski definition) is 1. The summed E-state index contributed by atoms with van der Waals surface area (Å²) in [4.78, 5) is 15.8. The Morgan fingerprint density at radius 3 is 2.85 bits per heavy atom. The summed E-state index contributed by atoms with van der Waals surface area (Å²) in [5, 5.41) is 11.4. The van der Waals surface area contributed by atoms with Crippen LogP contribution in [0.25, 0.3) is 10.1 Å². The van der Waals surface area contributed by atoms with Crippen molar-refractivity contribution in [3.63, 3.8) is 0 Å². The normalized spacial score (nSPS) is 11.6. The van der Waals surface area contributed by atoms with Gasteiger partial charge in [-0.3, -0.25) is 0 Å². The van der Waals surface area contributed by atoms with E-state index in [4.69, 9.17) is 11.6 Å². The van der Waals surface area contributed by atoms with E-state index in [2.05, 4.69) is 4.98 Å². The number of thiophene rings is 1. The van der Waals surface area contributed by atoms with Crippen LogP contribution in [-0.2, 0) is 13.0 Å². The van der Waals surface area contributed by atoms with E-state index in [0.717, 1.165) is 17.5 Å². The minimum Gasteiger partial charge on any atom is -0.476 e. The van der Waals surface area contributed by atoms with Gasteiger partial charge in [-0.2, -0.15) is 0 Å². The summed E-state index contributed by atoms with van der Waals surface area (Å²) >= 11 is 7.29. The number of aromatic carboxylic acids is 1. The molecule has 0 atom stereocenters. The predicted molar refractivity (Wildman–Crippen MR) is 98.7 cm³/mol. The Balaban J connectivity index is 2.13. The molecule has 8 heteroatoms. The van der Waals surface area contributed by atoms with Crippen molar-refractivity contribution in [2.75, 3.05) is 0 Å². The first kappa shape index (κ1) is 18.8. The molecule has 0 unspecified atom stereocenters. The zero-order chi connectivity index (χ0) is 18.8. The number of hydrogen-bond acceptors (Lipinski definition) is 3. The highest BCUT2D eigenvalue weighted by atomic mass is 35.5. The van der Waals surface area contributed by atoms with Crippen LogP contribution in [0.1, 0.15) is 53.6 Å². The van der Waals surface area contributed by atoms with Crippen LogP contribution in [0.5, 0.6) is 0 Å². The van der Waals surface area contributed by atoms with Gasteiger partial charge in [0.15, 0.2) is 10.8 Å². The Morgan fingerprint density at radius 1 is 1.42 bits per heavy atom. The quantitative estimate of drug-likeness (QED) is 0.549. The van der Waals surface area contributed by atoms with Gasteiger partial charge < -0.3 is 9.67 Å². The van der Waals surface area contributed by atoms with Gasteiger partial charge in [0.25, 0.3) is 6.43 Å². The number of carbonyl (C=O) groups is 1. The highest BCUT2D eigenvalue weighted by Crippen LogP contribution is 2.36. The van der Waals surface area contributed by atoms with Gasteiger partial charge in [-0.15, -0.1) is 11.3 Å². The van der Waals surface area contributed by atoms with Gasteiger partial charge >= 0.3 is 5.97 Å². The number of carboxylic acid groups (broad SMARTS) is 1. The van der Waals surface area contributed by atoms with E-state index in [-0.39, 0.29) is 23.0 Å². The van der Waals surface area contributed by atoms with Crippen molar-refractivity contribution in [1.82, 2.24) is 9.55 Å². The third-order valence-electron chi connectivity index (χ3n) is 4.24. The van der Waals surface area contributed by atoms with Crippen LogP contribution in [0.4, 0.5) is 8.78 Å². The molecule has 2 aromatic heterocycles. The van der Waals surface area contributed by atoms with Gasteiger partial charge in [0.1, 0.15) is 5.82 Å². The largest absolute Gasteiger partial charge is 0.476 e. The lowest BCUT2D eigenvalue weighted by molar-refractivity contribution is 0.0685. The minimum atomic E-state index is -2.59. The molecule has 3 rings (SSSR count). The molecular formula is C18H17ClF2N2O2S. The molecule has 3 aromatic rings. The lowest BCUT2D eigenvalue weighted by Gasteiger charge is -2.12. The highest BCUT2D eigenvalue weighted by molar-refractivity contribution is 7.17. The first-order chi connectivity index (χ1) is 12.4. The molecule has 0 amide bonds. The number of benzene rings is 1. The number of imidazole rings is 1. The second kappa shape index (κ2) is 7.72. The molecule has 1 aromatic carbocycles. The molecule has 0 bridgehead atoms. The molecular weight excluding hydrogens is 382 g/mol. The van der Waals surface area contributed by atoms with Crippen LogP contribution in [0.15, 0.2) is 23.6 Å². The number of fused-ring (bicyclic) bond motifs is 1. The van der Waals surface area contributed by atoms with Crippen LogP contribution >= 0.6 is 22.9 Å². The number of rotatable bonds is 7. The van der Waals surface area contributed by atoms with Crippen molar-refractivity contribution in [2.45, 2.75) is 39.2 Å². The zero-order valence-electron chi connectivity index (χ0n) is 14.0.